The van der Waals surface area contributed by atoms with Crippen molar-refractivity contribution in [2.75, 3.05) is 11.5 Å². The summed E-state index contributed by atoms with van der Waals surface area (Å²) in [5, 5.41) is 0. The van der Waals surface area contributed by atoms with Crippen LogP contribution in [0.15, 0.2) is 23.8 Å². The van der Waals surface area contributed by atoms with Crippen LogP contribution in [0.1, 0.15) is 61.3 Å². The lowest BCUT2D eigenvalue weighted by Crippen LogP contribution is -2.12. The number of rotatable bonds is 6. The molecule has 0 fully saturated rings. The molecule has 0 atom stereocenters. The fourth-order valence-corrected chi connectivity index (χ4v) is 3.04. The Hall–Kier alpha value is -0.170. The molecule has 0 saturated heterocycles. The van der Waals surface area contributed by atoms with Crippen LogP contribution in [-0.2, 0) is 0 Å². The van der Waals surface area contributed by atoms with Crippen LogP contribution in [0, 0.1) is 10.8 Å². The van der Waals surface area contributed by atoms with Gasteiger partial charge in [-0.2, -0.15) is 11.8 Å². The van der Waals surface area contributed by atoms with Crippen molar-refractivity contribution in [1.29, 1.82) is 0 Å². The third-order valence-electron chi connectivity index (χ3n) is 2.68. The Morgan fingerprint density at radius 1 is 1.11 bits per heavy atom. The van der Waals surface area contributed by atoms with E-state index >= 15 is 0 Å². The fraction of sp³-hybridized carbons (Fsp3) is 0.765. The highest BCUT2D eigenvalue weighted by atomic mass is 32.2. The van der Waals surface area contributed by atoms with E-state index in [-0.39, 0.29) is 5.41 Å². The molecule has 0 aromatic carbocycles. The molecule has 0 unspecified atom stereocenters. The Labute approximate surface area is 119 Å². The van der Waals surface area contributed by atoms with E-state index in [2.05, 4.69) is 61.1 Å². The molecule has 0 bridgehead atoms. The highest BCUT2D eigenvalue weighted by molar-refractivity contribution is 7.99. The Bertz CT molecular complexity index is 284. The summed E-state index contributed by atoms with van der Waals surface area (Å²) in [6.07, 6.45) is 4.56. The standard InChI is InChI=1S/C17H32S/c1-9-10-15(17(6,7)8)14(2)11-12-18-13-16(3,4)5/h10H,2,9,11-13H2,1,3-8H3/b15-10+. The van der Waals surface area contributed by atoms with Crippen molar-refractivity contribution in [2.24, 2.45) is 10.8 Å². The molecule has 0 aliphatic heterocycles. The summed E-state index contributed by atoms with van der Waals surface area (Å²) in [5.74, 6) is 2.41. The summed E-state index contributed by atoms with van der Waals surface area (Å²) in [5.41, 5.74) is 3.42. The van der Waals surface area contributed by atoms with Gasteiger partial charge in [0.15, 0.2) is 0 Å². The molecular weight excluding hydrogens is 236 g/mol. The van der Waals surface area contributed by atoms with Gasteiger partial charge in [-0.15, -0.1) is 0 Å². The largest absolute Gasteiger partial charge is 0.161 e. The van der Waals surface area contributed by atoms with Crippen LogP contribution < -0.4 is 0 Å². The maximum absolute atomic E-state index is 4.29. The molecule has 0 radical (unpaired) electrons. The van der Waals surface area contributed by atoms with Gasteiger partial charge in [-0.25, -0.2) is 0 Å². The maximum Gasteiger partial charge on any atom is -0.00186 e. The van der Waals surface area contributed by atoms with E-state index in [1.165, 1.54) is 22.7 Å². The molecular formula is C17H32S. The average Bonchev–Trinajstić information content (AvgIpc) is 2.17. The SMILES string of the molecule is C=C(CCSCC(C)(C)C)/C(=C\CC)C(C)(C)C. The lowest BCUT2D eigenvalue weighted by molar-refractivity contribution is 0.480. The predicted molar refractivity (Wildman–Crippen MR) is 88.4 cm³/mol. The molecule has 0 saturated carbocycles. The van der Waals surface area contributed by atoms with Crippen molar-refractivity contribution in [3.63, 3.8) is 0 Å². The van der Waals surface area contributed by atoms with Crippen LogP contribution in [0.4, 0.5) is 0 Å². The van der Waals surface area contributed by atoms with Crippen LogP contribution in [0.5, 0.6) is 0 Å². The summed E-state index contributed by atoms with van der Waals surface area (Å²) in [7, 11) is 0. The van der Waals surface area contributed by atoms with E-state index in [1.54, 1.807) is 0 Å². The van der Waals surface area contributed by atoms with E-state index in [1.807, 2.05) is 11.8 Å². The molecule has 0 aromatic heterocycles. The molecule has 0 aliphatic rings. The van der Waals surface area contributed by atoms with Crippen LogP contribution in [-0.4, -0.2) is 11.5 Å². The van der Waals surface area contributed by atoms with Gasteiger partial charge in [0.1, 0.15) is 0 Å². The number of allylic oxidation sites excluding steroid dienone is 3. The van der Waals surface area contributed by atoms with Gasteiger partial charge >= 0.3 is 0 Å². The number of hydrogen-bond acceptors (Lipinski definition) is 1. The molecule has 0 nitrogen and oxygen atoms in total. The Morgan fingerprint density at radius 3 is 2.06 bits per heavy atom. The summed E-state index contributed by atoms with van der Waals surface area (Å²) >= 11 is 2.05. The van der Waals surface area contributed by atoms with Crippen LogP contribution >= 0.6 is 11.8 Å². The third kappa shape index (κ3) is 8.02. The zero-order valence-electron chi connectivity index (χ0n) is 13.5. The maximum atomic E-state index is 4.29. The van der Waals surface area contributed by atoms with E-state index in [0.717, 1.165) is 12.8 Å². The molecule has 0 rings (SSSR count). The smallest absolute Gasteiger partial charge is 0.00186 e. The van der Waals surface area contributed by atoms with Crippen molar-refractivity contribution >= 4 is 11.8 Å². The molecule has 1 heteroatoms. The zero-order valence-corrected chi connectivity index (χ0v) is 14.3. The van der Waals surface area contributed by atoms with Crippen LogP contribution in [0.2, 0.25) is 0 Å². The molecule has 18 heavy (non-hydrogen) atoms. The molecule has 0 aliphatic carbocycles. The second kappa shape index (κ2) is 7.43. The van der Waals surface area contributed by atoms with Crippen molar-refractivity contribution in [3.8, 4) is 0 Å². The summed E-state index contributed by atoms with van der Waals surface area (Å²) in [6.45, 7) is 20.2. The van der Waals surface area contributed by atoms with Crippen LogP contribution in [0.3, 0.4) is 0 Å². The van der Waals surface area contributed by atoms with Gasteiger partial charge in [0.2, 0.25) is 0 Å². The van der Waals surface area contributed by atoms with Crippen molar-refractivity contribution < 1.29 is 0 Å². The quantitative estimate of drug-likeness (QED) is 0.414. The molecule has 0 N–H and O–H groups in total. The molecule has 0 heterocycles. The van der Waals surface area contributed by atoms with Crippen molar-refractivity contribution in [3.05, 3.63) is 23.8 Å². The molecule has 0 aromatic rings. The van der Waals surface area contributed by atoms with Crippen molar-refractivity contribution in [1.82, 2.24) is 0 Å². The minimum absolute atomic E-state index is 0.224. The first-order chi connectivity index (χ1) is 8.08. The first kappa shape index (κ1) is 17.8. The molecule has 106 valence electrons. The van der Waals surface area contributed by atoms with Gasteiger partial charge in [0.05, 0.1) is 0 Å². The van der Waals surface area contributed by atoms with Gasteiger partial charge in [-0.1, -0.05) is 66.7 Å². The minimum Gasteiger partial charge on any atom is -0.161 e. The van der Waals surface area contributed by atoms with Gasteiger partial charge < -0.3 is 0 Å². The Balaban J connectivity index is 4.27. The monoisotopic (exact) mass is 268 g/mol. The van der Waals surface area contributed by atoms with E-state index in [9.17, 15) is 0 Å². The molecule has 0 amide bonds. The fourth-order valence-electron chi connectivity index (χ4n) is 1.89. The average molecular weight is 269 g/mol. The lowest BCUT2D eigenvalue weighted by atomic mass is 9.81. The number of hydrogen-bond donors (Lipinski definition) is 0. The van der Waals surface area contributed by atoms with E-state index < -0.39 is 0 Å². The second-order valence-electron chi connectivity index (χ2n) is 7.24. The second-order valence-corrected chi connectivity index (χ2v) is 8.35. The lowest BCUT2D eigenvalue weighted by Gasteiger charge is -2.25. The molecule has 0 spiro atoms. The normalized spacial score (nSPS) is 13.8. The summed E-state index contributed by atoms with van der Waals surface area (Å²) in [6, 6.07) is 0. The minimum atomic E-state index is 0.224. The summed E-state index contributed by atoms with van der Waals surface area (Å²) in [4.78, 5) is 0. The third-order valence-corrected chi connectivity index (χ3v) is 4.24. The Kier molecular flexibility index (Phi) is 7.36. The van der Waals surface area contributed by atoms with Gasteiger partial charge in [-0.05, 0) is 40.8 Å². The van der Waals surface area contributed by atoms with Crippen LogP contribution in [0.25, 0.3) is 0 Å². The first-order valence-corrected chi connectivity index (χ1v) is 8.20. The predicted octanol–water partition coefficient (Wildman–Crippen LogP) is 6.09. The van der Waals surface area contributed by atoms with Gasteiger partial charge in [0, 0.05) is 0 Å². The first-order valence-electron chi connectivity index (χ1n) is 7.04. The van der Waals surface area contributed by atoms with E-state index in [4.69, 9.17) is 0 Å². The van der Waals surface area contributed by atoms with Crippen molar-refractivity contribution in [2.45, 2.75) is 61.3 Å². The van der Waals surface area contributed by atoms with Gasteiger partial charge in [-0.3, -0.25) is 0 Å². The Morgan fingerprint density at radius 2 is 1.67 bits per heavy atom. The summed E-state index contributed by atoms with van der Waals surface area (Å²) < 4.78 is 0. The highest BCUT2D eigenvalue weighted by Gasteiger charge is 2.19. The topological polar surface area (TPSA) is 0 Å². The number of thioether (sulfide) groups is 1. The van der Waals surface area contributed by atoms with Gasteiger partial charge in [0.25, 0.3) is 0 Å². The van der Waals surface area contributed by atoms with E-state index in [0.29, 0.717) is 5.41 Å². The zero-order chi connectivity index (χ0) is 14.4. The highest BCUT2D eigenvalue weighted by Crippen LogP contribution is 2.33.